The highest BCUT2D eigenvalue weighted by Gasteiger charge is 2.09. The molecule has 0 aromatic heterocycles. The Morgan fingerprint density at radius 3 is 2.63 bits per heavy atom. The number of aromatic hydroxyl groups is 1. The second-order valence-electron chi connectivity index (χ2n) is 3.78. The topological polar surface area (TPSA) is 69.9 Å². The standard InChI is InChI=1S/C14H10BrNO3/c15-10-5-6-12(11(7-10)14(18)19)16-8-9-3-1-2-4-13(9)17/h1-8,17H,(H,18,19). The lowest BCUT2D eigenvalue weighted by Crippen LogP contribution is -1.96. The molecule has 0 fully saturated rings. The molecule has 0 saturated carbocycles. The number of carbonyl (C=O) groups is 1. The Kier molecular flexibility index (Phi) is 3.97. The number of aliphatic imine (C=N–C) groups is 1. The van der Waals surface area contributed by atoms with Crippen LogP contribution in [0.3, 0.4) is 0 Å². The van der Waals surface area contributed by atoms with E-state index in [9.17, 15) is 9.90 Å². The molecule has 5 heteroatoms. The summed E-state index contributed by atoms with van der Waals surface area (Å²) in [7, 11) is 0. The van der Waals surface area contributed by atoms with E-state index in [1.807, 2.05) is 0 Å². The van der Waals surface area contributed by atoms with Gasteiger partial charge in [0.1, 0.15) is 5.75 Å². The summed E-state index contributed by atoms with van der Waals surface area (Å²) >= 11 is 3.22. The van der Waals surface area contributed by atoms with Crippen LogP contribution in [-0.2, 0) is 0 Å². The van der Waals surface area contributed by atoms with Crippen molar-refractivity contribution in [3.05, 3.63) is 58.1 Å². The Balaban J connectivity index is 2.39. The first-order valence-electron chi connectivity index (χ1n) is 5.43. The van der Waals surface area contributed by atoms with Crippen LogP contribution in [-0.4, -0.2) is 22.4 Å². The van der Waals surface area contributed by atoms with Crippen LogP contribution in [0.1, 0.15) is 15.9 Å². The highest BCUT2D eigenvalue weighted by atomic mass is 79.9. The molecule has 2 rings (SSSR count). The predicted molar refractivity (Wildman–Crippen MR) is 76.5 cm³/mol. The molecular formula is C14H10BrNO3. The van der Waals surface area contributed by atoms with Gasteiger partial charge in [0.05, 0.1) is 11.3 Å². The van der Waals surface area contributed by atoms with Crippen molar-refractivity contribution in [2.45, 2.75) is 0 Å². The first-order chi connectivity index (χ1) is 9.08. The maximum absolute atomic E-state index is 11.1. The van der Waals surface area contributed by atoms with Gasteiger partial charge in [0.15, 0.2) is 0 Å². The average Bonchev–Trinajstić information content (AvgIpc) is 2.38. The van der Waals surface area contributed by atoms with E-state index in [2.05, 4.69) is 20.9 Å². The quantitative estimate of drug-likeness (QED) is 0.849. The molecule has 0 radical (unpaired) electrons. The zero-order chi connectivity index (χ0) is 13.8. The predicted octanol–water partition coefficient (Wildman–Crippen LogP) is 3.60. The number of carboxylic acid groups (broad SMARTS) is 1. The number of phenols is 1. The molecule has 0 amide bonds. The summed E-state index contributed by atoms with van der Waals surface area (Å²) in [5, 5.41) is 18.7. The van der Waals surface area contributed by atoms with E-state index in [1.165, 1.54) is 12.3 Å². The lowest BCUT2D eigenvalue weighted by molar-refractivity contribution is 0.0698. The zero-order valence-electron chi connectivity index (χ0n) is 9.75. The molecular weight excluding hydrogens is 310 g/mol. The smallest absolute Gasteiger partial charge is 0.337 e. The molecule has 96 valence electrons. The van der Waals surface area contributed by atoms with E-state index >= 15 is 0 Å². The summed E-state index contributed by atoms with van der Waals surface area (Å²) in [4.78, 5) is 15.2. The summed E-state index contributed by atoms with van der Waals surface area (Å²) < 4.78 is 0.673. The molecule has 2 N–H and O–H groups in total. The molecule has 0 bridgehead atoms. The summed E-state index contributed by atoms with van der Waals surface area (Å²) in [6.07, 6.45) is 1.44. The normalized spacial score (nSPS) is 10.8. The third-order valence-electron chi connectivity index (χ3n) is 2.47. The number of phenolic OH excluding ortho intramolecular Hbond substituents is 1. The molecule has 0 heterocycles. The van der Waals surface area contributed by atoms with E-state index in [4.69, 9.17) is 5.11 Å². The van der Waals surface area contributed by atoms with Crippen LogP contribution in [0.4, 0.5) is 5.69 Å². The van der Waals surface area contributed by atoms with Gasteiger partial charge in [-0.25, -0.2) is 4.79 Å². The molecule has 4 nitrogen and oxygen atoms in total. The monoisotopic (exact) mass is 319 g/mol. The van der Waals surface area contributed by atoms with Crippen LogP contribution in [0, 0.1) is 0 Å². The van der Waals surface area contributed by atoms with E-state index in [0.29, 0.717) is 15.7 Å². The van der Waals surface area contributed by atoms with Gasteiger partial charge in [-0.05, 0) is 30.3 Å². The third-order valence-corrected chi connectivity index (χ3v) is 2.96. The Labute approximate surface area is 118 Å². The van der Waals surface area contributed by atoms with Gasteiger partial charge < -0.3 is 10.2 Å². The van der Waals surface area contributed by atoms with Crippen molar-refractivity contribution in [1.29, 1.82) is 0 Å². The second-order valence-corrected chi connectivity index (χ2v) is 4.70. The van der Waals surface area contributed by atoms with Gasteiger partial charge in [-0.3, -0.25) is 4.99 Å². The Morgan fingerprint density at radius 1 is 1.21 bits per heavy atom. The maximum Gasteiger partial charge on any atom is 0.337 e. The van der Waals surface area contributed by atoms with Crippen molar-refractivity contribution in [2.24, 2.45) is 4.99 Å². The minimum absolute atomic E-state index is 0.0974. The number of para-hydroxylation sites is 1. The average molecular weight is 320 g/mol. The Hall–Kier alpha value is -2.14. The minimum Gasteiger partial charge on any atom is -0.507 e. The number of hydrogen-bond donors (Lipinski definition) is 2. The van der Waals surface area contributed by atoms with Crippen LogP contribution >= 0.6 is 15.9 Å². The molecule has 0 atom stereocenters. The molecule has 0 unspecified atom stereocenters. The summed E-state index contributed by atoms with van der Waals surface area (Å²) in [5.41, 5.74) is 0.960. The number of rotatable bonds is 3. The maximum atomic E-state index is 11.1. The first-order valence-corrected chi connectivity index (χ1v) is 6.22. The minimum atomic E-state index is -1.05. The molecule has 2 aromatic rings. The van der Waals surface area contributed by atoms with Crippen molar-refractivity contribution in [3.63, 3.8) is 0 Å². The summed E-state index contributed by atoms with van der Waals surface area (Å²) in [6.45, 7) is 0. The van der Waals surface area contributed by atoms with Crippen LogP contribution in [0.15, 0.2) is 51.9 Å². The van der Waals surface area contributed by atoms with Crippen LogP contribution in [0.2, 0.25) is 0 Å². The largest absolute Gasteiger partial charge is 0.507 e. The fraction of sp³-hybridized carbons (Fsp3) is 0. The lowest BCUT2D eigenvalue weighted by Gasteiger charge is -2.02. The van der Waals surface area contributed by atoms with Crippen LogP contribution in [0.5, 0.6) is 5.75 Å². The molecule has 0 aliphatic carbocycles. The number of benzene rings is 2. The van der Waals surface area contributed by atoms with Gasteiger partial charge in [0, 0.05) is 16.3 Å². The van der Waals surface area contributed by atoms with Gasteiger partial charge in [0.25, 0.3) is 0 Å². The van der Waals surface area contributed by atoms with Crippen molar-refractivity contribution in [1.82, 2.24) is 0 Å². The van der Waals surface area contributed by atoms with Crippen molar-refractivity contribution < 1.29 is 15.0 Å². The van der Waals surface area contributed by atoms with Gasteiger partial charge >= 0.3 is 5.97 Å². The highest BCUT2D eigenvalue weighted by molar-refractivity contribution is 9.10. The Morgan fingerprint density at radius 2 is 1.95 bits per heavy atom. The van der Waals surface area contributed by atoms with Gasteiger partial charge in [0.2, 0.25) is 0 Å². The van der Waals surface area contributed by atoms with E-state index in [1.54, 1.807) is 36.4 Å². The fourth-order valence-electron chi connectivity index (χ4n) is 1.53. The van der Waals surface area contributed by atoms with Crippen molar-refractivity contribution in [2.75, 3.05) is 0 Å². The number of aromatic carboxylic acids is 1. The Bertz CT molecular complexity index is 653. The van der Waals surface area contributed by atoms with Crippen LogP contribution < -0.4 is 0 Å². The van der Waals surface area contributed by atoms with Crippen molar-refractivity contribution >= 4 is 33.8 Å². The molecule has 2 aromatic carbocycles. The summed E-state index contributed by atoms with van der Waals surface area (Å²) in [6, 6.07) is 11.5. The van der Waals surface area contributed by atoms with E-state index in [0.717, 1.165) is 0 Å². The number of halogens is 1. The van der Waals surface area contributed by atoms with E-state index < -0.39 is 5.97 Å². The number of carboxylic acids is 1. The highest BCUT2D eigenvalue weighted by Crippen LogP contribution is 2.24. The van der Waals surface area contributed by atoms with Gasteiger partial charge in [-0.1, -0.05) is 28.1 Å². The molecule has 0 aliphatic heterocycles. The second kappa shape index (κ2) is 5.67. The lowest BCUT2D eigenvalue weighted by atomic mass is 10.2. The van der Waals surface area contributed by atoms with Gasteiger partial charge in [-0.2, -0.15) is 0 Å². The van der Waals surface area contributed by atoms with Crippen molar-refractivity contribution in [3.8, 4) is 5.75 Å². The molecule has 0 saturated heterocycles. The van der Waals surface area contributed by atoms with Gasteiger partial charge in [-0.15, -0.1) is 0 Å². The van der Waals surface area contributed by atoms with Crippen LogP contribution in [0.25, 0.3) is 0 Å². The molecule has 0 aliphatic rings. The zero-order valence-corrected chi connectivity index (χ0v) is 11.3. The molecule has 0 spiro atoms. The van der Waals surface area contributed by atoms with E-state index in [-0.39, 0.29) is 11.3 Å². The molecule has 19 heavy (non-hydrogen) atoms. The SMILES string of the molecule is O=C(O)c1cc(Br)ccc1N=Cc1ccccc1O. The summed E-state index contributed by atoms with van der Waals surface area (Å²) in [5.74, 6) is -0.953. The third kappa shape index (κ3) is 3.20. The fourth-order valence-corrected chi connectivity index (χ4v) is 1.89. The number of nitrogens with zero attached hydrogens (tertiary/aromatic N) is 1. The number of hydrogen-bond acceptors (Lipinski definition) is 3. The first kappa shape index (κ1) is 13.3.